The van der Waals surface area contributed by atoms with E-state index < -0.39 is 0 Å². The fraction of sp³-hybridized carbons (Fsp3) is 0.375. The summed E-state index contributed by atoms with van der Waals surface area (Å²) >= 11 is 1.81. The first-order valence-corrected chi connectivity index (χ1v) is 8.47. The predicted octanol–water partition coefficient (Wildman–Crippen LogP) is 4.69. The minimum atomic E-state index is 0. The molecule has 0 saturated heterocycles. The summed E-state index contributed by atoms with van der Waals surface area (Å²) in [5.41, 5.74) is 3.09. The van der Waals surface area contributed by atoms with E-state index in [1.165, 1.54) is 18.4 Å². The third-order valence-corrected chi connectivity index (χ3v) is 2.44. The van der Waals surface area contributed by atoms with Gasteiger partial charge in [0.25, 0.3) is 0 Å². The van der Waals surface area contributed by atoms with E-state index in [4.69, 9.17) is 0 Å². The predicted molar refractivity (Wildman–Crippen MR) is 80.2 cm³/mol. The summed E-state index contributed by atoms with van der Waals surface area (Å²) in [7, 11) is 2.97. The zero-order valence-electron chi connectivity index (χ0n) is 12.1. The van der Waals surface area contributed by atoms with E-state index in [2.05, 4.69) is 45.8 Å². The van der Waals surface area contributed by atoms with Crippen LogP contribution in [-0.4, -0.2) is 7.63 Å². The monoisotopic (exact) mass is 292 g/mol. The molecule has 2 radical (unpaired) electrons. The van der Waals surface area contributed by atoms with E-state index in [1.54, 1.807) is 24.7 Å². The van der Waals surface area contributed by atoms with E-state index >= 15 is 0 Å². The molecule has 100 valence electrons. The quantitative estimate of drug-likeness (QED) is 0.511. The van der Waals surface area contributed by atoms with Gasteiger partial charge in [-0.25, -0.2) is 18.2 Å². The van der Waals surface area contributed by atoms with E-state index in [-0.39, 0.29) is 14.9 Å². The zero-order chi connectivity index (χ0) is 12.2. The van der Waals surface area contributed by atoms with Gasteiger partial charge in [0.15, 0.2) is 0 Å². The summed E-state index contributed by atoms with van der Waals surface area (Å²) in [5.74, 6) is 0. The molecule has 0 amide bonds. The van der Waals surface area contributed by atoms with Gasteiger partial charge in [0, 0.05) is 0 Å². The van der Waals surface area contributed by atoms with Gasteiger partial charge < -0.3 is 14.9 Å². The van der Waals surface area contributed by atoms with Crippen LogP contribution in [0.4, 0.5) is 0 Å². The summed E-state index contributed by atoms with van der Waals surface area (Å²) < 4.78 is 0. The van der Waals surface area contributed by atoms with Crippen LogP contribution in [-0.2, 0) is 19.2 Å². The van der Waals surface area contributed by atoms with Crippen LogP contribution in [0.5, 0.6) is 0 Å². The summed E-state index contributed by atoms with van der Waals surface area (Å²) in [6, 6.07) is 0. The van der Waals surface area contributed by atoms with Crippen LogP contribution < -0.4 is 0 Å². The molecule has 2 rings (SSSR count). The Morgan fingerprint density at radius 2 is 1.83 bits per heavy atom. The van der Waals surface area contributed by atoms with Crippen LogP contribution in [0, 0.1) is 27.0 Å². The van der Waals surface area contributed by atoms with Crippen LogP contribution in [0.25, 0.3) is 0 Å². The van der Waals surface area contributed by atoms with Crippen molar-refractivity contribution in [3.05, 3.63) is 62.5 Å². The second kappa shape index (κ2) is 16.9. The molecule has 0 atom stereocenters. The third kappa shape index (κ3) is 9.87. The van der Waals surface area contributed by atoms with Gasteiger partial charge >= 0.3 is 26.8 Å². The molecule has 0 aromatic carbocycles. The number of hydrogen-bond donors (Lipinski definition) is 0. The van der Waals surface area contributed by atoms with Crippen molar-refractivity contribution < 1.29 is 19.2 Å². The molecule has 0 nitrogen and oxygen atoms in total. The molecule has 18 heavy (non-hydrogen) atoms. The Labute approximate surface area is 128 Å². The van der Waals surface area contributed by atoms with E-state index in [9.17, 15) is 0 Å². The van der Waals surface area contributed by atoms with Crippen molar-refractivity contribution >= 4 is 7.63 Å². The van der Waals surface area contributed by atoms with Crippen molar-refractivity contribution in [2.75, 3.05) is 0 Å². The molecule has 0 aromatic heterocycles. The second-order valence-electron chi connectivity index (χ2n) is 3.36. The zero-order valence-corrected chi connectivity index (χ0v) is 14.7. The average molecular weight is 292 g/mol. The molecule has 0 saturated carbocycles. The molecular formula is C16H24SiTi-4. The Hall–Kier alpha value is -0.109. The van der Waals surface area contributed by atoms with Crippen molar-refractivity contribution in [1.82, 2.24) is 0 Å². The van der Waals surface area contributed by atoms with Gasteiger partial charge in [0.1, 0.15) is 0 Å². The Morgan fingerprint density at radius 3 is 2.11 bits per heavy atom. The first-order chi connectivity index (χ1) is 7.88. The molecule has 0 aromatic rings. The van der Waals surface area contributed by atoms with Crippen molar-refractivity contribution in [1.29, 1.82) is 0 Å². The first-order valence-electron chi connectivity index (χ1n) is 5.62. The molecular weight excluding hydrogens is 268 g/mol. The fourth-order valence-electron chi connectivity index (χ4n) is 1.56. The topological polar surface area (TPSA) is 0 Å². The Bertz CT molecular complexity index is 288. The van der Waals surface area contributed by atoms with Crippen molar-refractivity contribution in [2.24, 2.45) is 0 Å². The van der Waals surface area contributed by atoms with Crippen molar-refractivity contribution in [3.63, 3.8) is 0 Å². The molecule has 0 aliphatic heterocycles. The van der Waals surface area contributed by atoms with Gasteiger partial charge in [-0.2, -0.15) is 17.2 Å². The minimum absolute atomic E-state index is 0. The molecule has 0 N–H and O–H groups in total. The SMILES string of the molecule is CCC1=C(CC)C[C-]=C1.[C-]1=CC=CC1.[CH3-].[CH3-].[Si]=[Ti]. The Kier molecular flexibility index (Phi) is 21.6. The number of allylic oxidation sites excluding steroid dienone is 8. The van der Waals surface area contributed by atoms with Crippen LogP contribution in [0.1, 0.15) is 39.5 Å². The number of rotatable bonds is 2. The summed E-state index contributed by atoms with van der Waals surface area (Å²) in [4.78, 5) is 0. The standard InChI is InChI=1S/C9H13.C5H5.2CH3.Si.Ti/c1-3-8-6-5-7-9(8)4-2;1-2-4-5-3-1;;;;/h6H,3-4,7H2,1-2H3;1-3H,4H2;2*1H3;;/q4*-1;;. The molecule has 0 bridgehead atoms. The fourth-order valence-corrected chi connectivity index (χ4v) is 1.56. The van der Waals surface area contributed by atoms with Crippen LogP contribution in [0.15, 0.2) is 35.5 Å². The van der Waals surface area contributed by atoms with Crippen molar-refractivity contribution in [3.8, 4) is 0 Å². The summed E-state index contributed by atoms with van der Waals surface area (Å²) in [6.07, 6.45) is 18.8. The molecule has 2 aliphatic rings. The van der Waals surface area contributed by atoms with Crippen LogP contribution >= 0.6 is 0 Å². The van der Waals surface area contributed by atoms with Gasteiger partial charge in [-0.15, -0.1) is 12.8 Å². The normalized spacial score (nSPS) is 13.8. The molecule has 0 unspecified atom stereocenters. The first kappa shape index (κ1) is 23.0. The molecule has 2 aliphatic carbocycles. The second-order valence-corrected chi connectivity index (χ2v) is 3.36. The molecule has 0 spiro atoms. The van der Waals surface area contributed by atoms with Crippen LogP contribution in [0.3, 0.4) is 0 Å². The van der Waals surface area contributed by atoms with E-state index in [0.717, 1.165) is 12.8 Å². The van der Waals surface area contributed by atoms with Gasteiger partial charge in [-0.3, -0.25) is 12.2 Å². The summed E-state index contributed by atoms with van der Waals surface area (Å²) in [5, 5.41) is 0. The Balaban J connectivity index is -0.000000217. The van der Waals surface area contributed by atoms with Gasteiger partial charge in [0.05, 0.1) is 0 Å². The van der Waals surface area contributed by atoms with E-state index in [0.29, 0.717) is 0 Å². The van der Waals surface area contributed by atoms with Gasteiger partial charge in [-0.1, -0.05) is 26.7 Å². The Morgan fingerprint density at radius 1 is 1.17 bits per heavy atom. The maximum absolute atomic E-state index is 3.23. The third-order valence-electron chi connectivity index (χ3n) is 2.44. The molecule has 2 heteroatoms. The average Bonchev–Trinajstić information content (AvgIpc) is 3.05. The summed E-state index contributed by atoms with van der Waals surface area (Å²) in [6.45, 7) is 4.42. The van der Waals surface area contributed by atoms with E-state index in [1.807, 2.05) is 12.2 Å². The maximum atomic E-state index is 3.23. The molecule has 0 heterocycles. The van der Waals surface area contributed by atoms with Crippen LogP contribution in [0.2, 0.25) is 0 Å². The van der Waals surface area contributed by atoms with Gasteiger partial charge in [-0.05, 0) is 0 Å². The molecule has 0 fully saturated rings. The van der Waals surface area contributed by atoms with Crippen molar-refractivity contribution in [2.45, 2.75) is 39.5 Å². The van der Waals surface area contributed by atoms with Gasteiger partial charge in [0.2, 0.25) is 0 Å². The number of hydrogen-bond acceptors (Lipinski definition) is 0.